The molecule has 5 nitrogen and oxygen atoms in total. The van der Waals surface area contributed by atoms with Gasteiger partial charge in [-0.15, -0.1) is 24.0 Å². The summed E-state index contributed by atoms with van der Waals surface area (Å²) in [6.45, 7) is 8.02. The molecular weight excluding hydrogens is 458 g/mol. The first-order valence-corrected chi connectivity index (χ1v) is 9.76. The number of benzene rings is 1. The van der Waals surface area contributed by atoms with Crippen LogP contribution in [0.25, 0.3) is 0 Å². The summed E-state index contributed by atoms with van der Waals surface area (Å²) in [6.07, 6.45) is 3.70. The van der Waals surface area contributed by atoms with Gasteiger partial charge in [-0.3, -0.25) is 9.89 Å². The number of hydrogen-bond donors (Lipinski definition) is 1. The SMILES string of the molecule is CCNC(=NCC(OC)c1ccc(F)cc1)N1CCC(N2CCCC2)C1.I. The molecule has 3 rings (SSSR count). The van der Waals surface area contributed by atoms with Gasteiger partial charge in [0.1, 0.15) is 11.9 Å². The molecule has 1 aromatic carbocycles. The molecule has 2 atom stereocenters. The summed E-state index contributed by atoms with van der Waals surface area (Å²) in [5.74, 6) is 0.726. The molecule has 0 amide bonds. The Morgan fingerprint density at radius 1 is 1.26 bits per heavy atom. The van der Waals surface area contributed by atoms with E-state index >= 15 is 0 Å². The molecule has 0 saturated carbocycles. The summed E-state index contributed by atoms with van der Waals surface area (Å²) in [7, 11) is 1.68. The van der Waals surface area contributed by atoms with Crippen molar-refractivity contribution >= 4 is 29.9 Å². The molecule has 1 aromatic rings. The van der Waals surface area contributed by atoms with Gasteiger partial charge in [-0.1, -0.05) is 12.1 Å². The highest BCUT2D eigenvalue weighted by atomic mass is 127. The third-order valence-corrected chi connectivity index (χ3v) is 5.39. The third-order valence-electron chi connectivity index (χ3n) is 5.39. The molecule has 7 heteroatoms. The predicted octanol–water partition coefficient (Wildman–Crippen LogP) is 3.27. The van der Waals surface area contributed by atoms with Gasteiger partial charge in [0, 0.05) is 32.8 Å². The lowest BCUT2D eigenvalue weighted by Gasteiger charge is -2.26. The first-order valence-electron chi connectivity index (χ1n) is 9.76. The molecule has 0 spiro atoms. The van der Waals surface area contributed by atoms with Crippen molar-refractivity contribution in [3.63, 3.8) is 0 Å². The molecule has 27 heavy (non-hydrogen) atoms. The van der Waals surface area contributed by atoms with Crippen LogP contribution >= 0.6 is 24.0 Å². The quantitative estimate of drug-likeness (QED) is 0.378. The molecule has 2 heterocycles. The van der Waals surface area contributed by atoms with E-state index in [1.54, 1.807) is 19.2 Å². The number of nitrogens with zero attached hydrogens (tertiary/aromatic N) is 3. The highest BCUT2D eigenvalue weighted by Gasteiger charge is 2.30. The van der Waals surface area contributed by atoms with Crippen molar-refractivity contribution in [1.29, 1.82) is 0 Å². The Morgan fingerprint density at radius 3 is 2.59 bits per heavy atom. The summed E-state index contributed by atoms with van der Waals surface area (Å²) < 4.78 is 18.7. The predicted molar refractivity (Wildman–Crippen MR) is 118 cm³/mol. The molecule has 152 valence electrons. The minimum atomic E-state index is -0.231. The van der Waals surface area contributed by atoms with Crippen molar-refractivity contribution in [3.8, 4) is 0 Å². The number of aliphatic imine (C=N–C) groups is 1. The van der Waals surface area contributed by atoms with Gasteiger partial charge in [-0.2, -0.15) is 0 Å². The van der Waals surface area contributed by atoms with Gasteiger partial charge < -0.3 is 15.0 Å². The highest BCUT2D eigenvalue weighted by molar-refractivity contribution is 14.0. The molecular formula is C20H32FIN4O. The van der Waals surface area contributed by atoms with Crippen molar-refractivity contribution in [2.24, 2.45) is 4.99 Å². The van der Waals surface area contributed by atoms with Crippen LogP contribution in [0, 0.1) is 5.82 Å². The van der Waals surface area contributed by atoms with E-state index in [-0.39, 0.29) is 35.9 Å². The number of ether oxygens (including phenoxy) is 1. The van der Waals surface area contributed by atoms with Crippen molar-refractivity contribution < 1.29 is 9.13 Å². The van der Waals surface area contributed by atoms with Crippen LogP contribution in [0.1, 0.15) is 37.9 Å². The Labute approximate surface area is 179 Å². The summed E-state index contributed by atoms with van der Waals surface area (Å²) in [5, 5.41) is 3.42. The zero-order valence-corrected chi connectivity index (χ0v) is 18.7. The van der Waals surface area contributed by atoms with E-state index < -0.39 is 0 Å². The molecule has 0 bridgehead atoms. The maximum absolute atomic E-state index is 13.1. The molecule has 2 fully saturated rings. The molecule has 1 N–H and O–H groups in total. The van der Waals surface area contributed by atoms with Gasteiger partial charge >= 0.3 is 0 Å². The largest absolute Gasteiger partial charge is 0.375 e. The molecule has 2 aliphatic rings. The van der Waals surface area contributed by atoms with Gasteiger partial charge in [-0.05, 0) is 57.0 Å². The zero-order chi connectivity index (χ0) is 18.4. The van der Waals surface area contributed by atoms with Gasteiger partial charge in [-0.25, -0.2) is 4.39 Å². The van der Waals surface area contributed by atoms with Crippen LogP contribution < -0.4 is 5.32 Å². The van der Waals surface area contributed by atoms with Crippen molar-refractivity contribution in [2.75, 3.05) is 46.4 Å². The number of guanidine groups is 1. The average Bonchev–Trinajstić information content (AvgIpc) is 3.34. The standard InChI is InChI=1S/C20H31FN4O.HI/c1-3-22-20(25-13-10-18(15-25)24-11-4-5-12-24)23-14-19(26-2)16-6-8-17(21)9-7-16;/h6-9,18-19H,3-5,10-15H2,1-2H3,(H,22,23);1H. The molecule has 0 aromatic heterocycles. The number of likely N-dealkylation sites (tertiary alicyclic amines) is 2. The van der Waals surface area contributed by atoms with Crippen LogP contribution in [-0.4, -0.2) is 68.2 Å². The van der Waals surface area contributed by atoms with E-state index in [1.165, 1.54) is 44.5 Å². The Balaban J connectivity index is 0.00000261. The van der Waals surface area contributed by atoms with Gasteiger partial charge in [0.05, 0.1) is 6.54 Å². The fraction of sp³-hybridized carbons (Fsp3) is 0.650. The fourth-order valence-corrected chi connectivity index (χ4v) is 3.93. The minimum Gasteiger partial charge on any atom is -0.375 e. The number of hydrogen-bond acceptors (Lipinski definition) is 3. The van der Waals surface area contributed by atoms with Crippen LogP contribution in [0.2, 0.25) is 0 Å². The van der Waals surface area contributed by atoms with Crippen molar-refractivity contribution in [3.05, 3.63) is 35.6 Å². The Morgan fingerprint density at radius 2 is 1.96 bits per heavy atom. The zero-order valence-electron chi connectivity index (χ0n) is 16.4. The monoisotopic (exact) mass is 490 g/mol. The molecule has 2 aliphatic heterocycles. The van der Waals surface area contributed by atoms with E-state index in [2.05, 4.69) is 22.0 Å². The number of rotatable bonds is 6. The lowest BCUT2D eigenvalue weighted by Crippen LogP contribution is -2.43. The topological polar surface area (TPSA) is 40.1 Å². The number of nitrogens with one attached hydrogen (secondary N) is 1. The maximum Gasteiger partial charge on any atom is 0.194 e. The summed E-state index contributed by atoms with van der Waals surface area (Å²) in [6, 6.07) is 7.13. The second-order valence-corrected chi connectivity index (χ2v) is 7.10. The lowest BCUT2D eigenvalue weighted by molar-refractivity contribution is 0.110. The van der Waals surface area contributed by atoms with Gasteiger partial charge in [0.15, 0.2) is 5.96 Å². The lowest BCUT2D eigenvalue weighted by atomic mass is 10.1. The first kappa shape index (κ1) is 22.4. The molecule has 0 radical (unpaired) electrons. The Kier molecular flexibility index (Phi) is 9.25. The second kappa shape index (κ2) is 11.2. The second-order valence-electron chi connectivity index (χ2n) is 7.10. The van der Waals surface area contributed by atoms with Crippen molar-refractivity contribution in [2.45, 2.75) is 38.3 Å². The van der Waals surface area contributed by atoms with Crippen LogP contribution in [-0.2, 0) is 4.74 Å². The van der Waals surface area contributed by atoms with Crippen LogP contribution in [0.4, 0.5) is 4.39 Å². The van der Waals surface area contributed by atoms with Crippen LogP contribution in [0.15, 0.2) is 29.3 Å². The van der Waals surface area contributed by atoms with E-state index in [0.29, 0.717) is 12.6 Å². The maximum atomic E-state index is 13.1. The third kappa shape index (κ3) is 6.02. The Bertz CT molecular complexity index is 592. The van der Waals surface area contributed by atoms with E-state index in [9.17, 15) is 4.39 Å². The summed E-state index contributed by atoms with van der Waals surface area (Å²) >= 11 is 0. The van der Waals surface area contributed by atoms with E-state index in [4.69, 9.17) is 9.73 Å². The van der Waals surface area contributed by atoms with Crippen LogP contribution in [0.5, 0.6) is 0 Å². The van der Waals surface area contributed by atoms with Gasteiger partial charge in [0.25, 0.3) is 0 Å². The molecule has 2 saturated heterocycles. The van der Waals surface area contributed by atoms with Crippen molar-refractivity contribution in [1.82, 2.24) is 15.1 Å². The van der Waals surface area contributed by atoms with E-state index in [0.717, 1.165) is 31.2 Å². The molecule has 2 unspecified atom stereocenters. The minimum absolute atomic E-state index is 0. The van der Waals surface area contributed by atoms with Gasteiger partial charge in [0.2, 0.25) is 0 Å². The smallest absolute Gasteiger partial charge is 0.194 e. The van der Waals surface area contributed by atoms with Crippen LogP contribution in [0.3, 0.4) is 0 Å². The summed E-state index contributed by atoms with van der Waals surface area (Å²) in [4.78, 5) is 9.81. The first-order chi connectivity index (χ1) is 12.7. The fourth-order valence-electron chi connectivity index (χ4n) is 3.93. The van der Waals surface area contributed by atoms with E-state index in [1.807, 2.05) is 0 Å². The Hall–Kier alpha value is -0.930. The number of methoxy groups -OCH3 is 1. The molecule has 0 aliphatic carbocycles. The highest BCUT2D eigenvalue weighted by Crippen LogP contribution is 2.21. The average molecular weight is 490 g/mol. The normalized spacial score (nSPS) is 22.0. The summed E-state index contributed by atoms with van der Waals surface area (Å²) in [5.41, 5.74) is 0.949. The number of halogens is 2.